The molecule has 1 aromatic heterocycles. The zero-order valence-corrected chi connectivity index (χ0v) is 12.1. The molecule has 1 heterocycles. The van der Waals surface area contributed by atoms with E-state index in [0.717, 1.165) is 24.4 Å². The Kier molecular flexibility index (Phi) is 5.11. The van der Waals surface area contributed by atoms with Crippen LogP contribution in [0.1, 0.15) is 80.9 Å². The summed E-state index contributed by atoms with van der Waals surface area (Å²) in [6.45, 7) is 5.11. The predicted octanol–water partition coefficient (Wildman–Crippen LogP) is 3.57. The Bertz CT molecular complexity index is 406. The second-order valence-corrected chi connectivity index (χ2v) is 5.65. The number of unbranched alkanes of at least 4 members (excludes halogenated alkanes) is 1. The summed E-state index contributed by atoms with van der Waals surface area (Å²) < 4.78 is 1.90. The van der Waals surface area contributed by atoms with Crippen molar-refractivity contribution in [1.29, 1.82) is 0 Å². The molecule has 19 heavy (non-hydrogen) atoms. The standard InChI is InChI=1S/C15H25N3O/c1-3-5-6-12-7-9-13(10-8-12)15-14(11-19)16-17-18(15)4-2/h11-13H,3-10H2,1-2H3. The van der Waals surface area contributed by atoms with Crippen LogP contribution in [0.15, 0.2) is 0 Å². The summed E-state index contributed by atoms with van der Waals surface area (Å²) >= 11 is 0. The van der Waals surface area contributed by atoms with Gasteiger partial charge in [0.2, 0.25) is 0 Å². The third-order valence-corrected chi connectivity index (χ3v) is 4.41. The van der Waals surface area contributed by atoms with Gasteiger partial charge in [-0.05, 0) is 38.5 Å². The second kappa shape index (κ2) is 6.83. The molecule has 1 fully saturated rings. The van der Waals surface area contributed by atoms with Gasteiger partial charge in [0, 0.05) is 12.5 Å². The van der Waals surface area contributed by atoms with E-state index in [1.807, 2.05) is 4.68 Å². The number of aromatic nitrogens is 3. The van der Waals surface area contributed by atoms with Crippen LogP contribution in [-0.2, 0) is 6.54 Å². The normalized spacial score (nSPS) is 23.5. The maximum atomic E-state index is 11.1. The van der Waals surface area contributed by atoms with Gasteiger partial charge < -0.3 is 0 Å². The first-order valence-electron chi connectivity index (χ1n) is 7.68. The number of hydrogen-bond donors (Lipinski definition) is 0. The summed E-state index contributed by atoms with van der Waals surface area (Å²) in [5.41, 5.74) is 1.63. The number of carbonyl (C=O) groups excluding carboxylic acids is 1. The molecule has 0 radical (unpaired) electrons. The Labute approximate surface area is 115 Å². The van der Waals surface area contributed by atoms with Gasteiger partial charge in [-0.15, -0.1) is 5.10 Å². The lowest BCUT2D eigenvalue weighted by Gasteiger charge is -2.28. The second-order valence-electron chi connectivity index (χ2n) is 5.65. The van der Waals surface area contributed by atoms with E-state index in [1.165, 1.54) is 44.9 Å². The van der Waals surface area contributed by atoms with Crippen molar-refractivity contribution in [2.24, 2.45) is 5.92 Å². The lowest BCUT2D eigenvalue weighted by molar-refractivity contribution is 0.111. The molecule has 4 heteroatoms. The maximum absolute atomic E-state index is 11.1. The highest BCUT2D eigenvalue weighted by Gasteiger charge is 2.27. The minimum Gasteiger partial charge on any atom is -0.296 e. The van der Waals surface area contributed by atoms with Crippen LogP contribution < -0.4 is 0 Å². The Balaban J connectivity index is 2.01. The van der Waals surface area contributed by atoms with Crippen LogP contribution >= 0.6 is 0 Å². The Morgan fingerprint density at radius 3 is 2.58 bits per heavy atom. The smallest absolute Gasteiger partial charge is 0.172 e. The summed E-state index contributed by atoms with van der Waals surface area (Å²) in [6.07, 6.45) is 9.82. The summed E-state index contributed by atoms with van der Waals surface area (Å²) in [6, 6.07) is 0. The molecule has 0 atom stereocenters. The number of nitrogens with zero attached hydrogens (tertiary/aromatic N) is 3. The largest absolute Gasteiger partial charge is 0.296 e. The van der Waals surface area contributed by atoms with Crippen molar-refractivity contribution in [3.8, 4) is 0 Å². The van der Waals surface area contributed by atoms with Crippen molar-refractivity contribution in [1.82, 2.24) is 15.0 Å². The molecule has 0 aliphatic heterocycles. The highest BCUT2D eigenvalue weighted by Crippen LogP contribution is 2.38. The SMILES string of the molecule is CCCCC1CCC(c2c(C=O)nnn2CC)CC1. The van der Waals surface area contributed by atoms with Gasteiger partial charge in [-0.1, -0.05) is 31.4 Å². The summed E-state index contributed by atoms with van der Waals surface area (Å²) in [4.78, 5) is 11.1. The molecule has 0 bridgehead atoms. The lowest BCUT2D eigenvalue weighted by Crippen LogP contribution is -2.17. The van der Waals surface area contributed by atoms with E-state index in [0.29, 0.717) is 11.6 Å². The molecule has 2 rings (SSSR count). The van der Waals surface area contributed by atoms with Crippen LogP contribution in [0.25, 0.3) is 0 Å². The third kappa shape index (κ3) is 3.23. The van der Waals surface area contributed by atoms with Gasteiger partial charge in [0.1, 0.15) is 5.69 Å². The maximum Gasteiger partial charge on any atom is 0.172 e. The van der Waals surface area contributed by atoms with E-state index >= 15 is 0 Å². The van der Waals surface area contributed by atoms with E-state index in [9.17, 15) is 4.79 Å². The van der Waals surface area contributed by atoms with Crippen molar-refractivity contribution < 1.29 is 4.79 Å². The van der Waals surface area contributed by atoms with Gasteiger partial charge in [-0.25, -0.2) is 4.68 Å². The first-order chi connectivity index (χ1) is 9.30. The van der Waals surface area contributed by atoms with Crippen LogP contribution in [0.4, 0.5) is 0 Å². The van der Waals surface area contributed by atoms with Crippen molar-refractivity contribution in [2.45, 2.75) is 71.3 Å². The van der Waals surface area contributed by atoms with E-state index < -0.39 is 0 Å². The fourth-order valence-electron chi connectivity index (χ4n) is 3.29. The highest BCUT2D eigenvalue weighted by molar-refractivity contribution is 5.73. The van der Waals surface area contributed by atoms with E-state index in [4.69, 9.17) is 0 Å². The van der Waals surface area contributed by atoms with Gasteiger partial charge in [0.25, 0.3) is 0 Å². The molecule has 106 valence electrons. The highest BCUT2D eigenvalue weighted by atomic mass is 16.1. The van der Waals surface area contributed by atoms with Gasteiger partial charge in [0.05, 0.1) is 5.69 Å². The first-order valence-corrected chi connectivity index (χ1v) is 7.68. The van der Waals surface area contributed by atoms with Crippen LogP contribution in [0.5, 0.6) is 0 Å². The van der Waals surface area contributed by atoms with E-state index in [-0.39, 0.29) is 0 Å². The zero-order chi connectivity index (χ0) is 13.7. The van der Waals surface area contributed by atoms with Crippen molar-refractivity contribution in [3.05, 3.63) is 11.4 Å². The molecule has 1 aliphatic carbocycles. The van der Waals surface area contributed by atoms with Gasteiger partial charge in [-0.2, -0.15) is 0 Å². The first kappa shape index (κ1) is 14.2. The number of aryl methyl sites for hydroxylation is 1. The van der Waals surface area contributed by atoms with Gasteiger partial charge in [-0.3, -0.25) is 4.79 Å². The van der Waals surface area contributed by atoms with E-state index in [2.05, 4.69) is 24.2 Å². The molecule has 0 aromatic carbocycles. The lowest BCUT2D eigenvalue weighted by atomic mass is 9.78. The number of rotatable bonds is 6. The average Bonchev–Trinajstić information content (AvgIpc) is 2.88. The number of carbonyl (C=O) groups is 1. The summed E-state index contributed by atoms with van der Waals surface area (Å²) in [5, 5.41) is 8.08. The van der Waals surface area contributed by atoms with Gasteiger partial charge in [0.15, 0.2) is 6.29 Å². The molecule has 1 aliphatic rings. The molecule has 1 aromatic rings. The molecule has 4 nitrogen and oxygen atoms in total. The minimum absolute atomic E-state index is 0.480. The van der Waals surface area contributed by atoms with Gasteiger partial charge >= 0.3 is 0 Å². The molecule has 0 spiro atoms. The molecule has 0 N–H and O–H groups in total. The zero-order valence-electron chi connectivity index (χ0n) is 12.1. The van der Waals surface area contributed by atoms with Crippen LogP contribution in [-0.4, -0.2) is 21.3 Å². The fraction of sp³-hybridized carbons (Fsp3) is 0.800. The van der Waals surface area contributed by atoms with Crippen molar-refractivity contribution in [3.63, 3.8) is 0 Å². The fourth-order valence-corrected chi connectivity index (χ4v) is 3.29. The van der Waals surface area contributed by atoms with Crippen molar-refractivity contribution in [2.75, 3.05) is 0 Å². The monoisotopic (exact) mass is 263 g/mol. The summed E-state index contributed by atoms with van der Waals surface area (Å²) in [7, 11) is 0. The molecule has 0 amide bonds. The van der Waals surface area contributed by atoms with Crippen LogP contribution in [0, 0.1) is 5.92 Å². The van der Waals surface area contributed by atoms with Crippen LogP contribution in [0.3, 0.4) is 0 Å². The molecular weight excluding hydrogens is 238 g/mol. The number of aldehydes is 1. The molecule has 0 saturated heterocycles. The topological polar surface area (TPSA) is 47.8 Å². The molecule has 0 unspecified atom stereocenters. The van der Waals surface area contributed by atoms with Crippen molar-refractivity contribution >= 4 is 6.29 Å². The molecular formula is C15H25N3O. The third-order valence-electron chi connectivity index (χ3n) is 4.41. The quantitative estimate of drug-likeness (QED) is 0.737. The average molecular weight is 263 g/mol. The van der Waals surface area contributed by atoms with E-state index in [1.54, 1.807) is 0 Å². The number of hydrogen-bond acceptors (Lipinski definition) is 3. The Morgan fingerprint density at radius 2 is 2.00 bits per heavy atom. The Morgan fingerprint density at radius 1 is 1.26 bits per heavy atom. The van der Waals surface area contributed by atoms with Crippen LogP contribution in [0.2, 0.25) is 0 Å². The predicted molar refractivity (Wildman–Crippen MR) is 75.3 cm³/mol. The Hall–Kier alpha value is -1.19. The summed E-state index contributed by atoms with van der Waals surface area (Å²) in [5.74, 6) is 1.37. The minimum atomic E-state index is 0.480. The molecule has 1 saturated carbocycles.